The predicted molar refractivity (Wildman–Crippen MR) is 228 cm³/mol. The molecule has 0 saturated carbocycles. The van der Waals surface area contributed by atoms with Gasteiger partial charge in [0.2, 0.25) is 0 Å². The van der Waals surface area contributed by atoms with Crippen molar-refractivity contribution in [1.82, 2.24) is 0 Å². The summed E-state index contributed by atoms with van der Waals surface area (Å²) in [5.41, 5.74) is 12.8. The van der Waals surface area contributed by atoms with Crippen LogP contribution in [0.5, 0.6) is 0 Å². The molecule has 6 aromatic rings. The van der Waals surface area contributed by atoms with E-state index in [2.05, 4.69) is 196 Å². The van der Waals surface area contributed by atoms with E-state index in [1.807, 2.05) is 0 Å². The van der Waals surface area contributed by atoms with E-state index in [0.717, 1.165) is 44.2 Å². The zero-order chi connectivity index (χ0) is 36.8. The average molecular weight is 692 g/mol. The summed E-state index contributed by atoms with van der Waals surface area (Å²) in [6, 6.07) is 53.7. The van der Waals surface area contributed by atoms with E-state index in [9.17, 15) is 0 Å². The molecule has 53 heavy (non-hydrogen) atoms. The highest BCUT2D eigenvalue weighted by Gasteiger charge is 2.46. The van der Waals surface area contributed by atoms with Crippen LogP contribution >= 0.6 is 0 Å². The van der Waals surface area contributed by atoms with Crippen molar-refractivity contribution < 1.29 is 0 Å². The van der Waals surface area contributed by atoms with Crippen molar-refractivity contribution in [2.75, 3.05) is 11.4 Å². The summed E-state index contributed by atoms with van der Waals surface area (Å²) >= 11 is 0. The summed E-state index contributed by atoms with van der Waals surface area (Å²) in [7, 11) is 0. The fourth-order valence-corrected chi connectivity index (χ4v) is 9.17. The van der Waals surface area contributed by atoms with E-state index in [-0.39, 0.29) is 10.8 Å². The maximum absolute atomic E-state index is 4.94. The van der Waals surface area contributed by atoms with Crippen LogP contribution in [0, 0.1) is 13.8 Å². The number of nitrogens with zero attached hydrogens (tertiary/aromatic N) is 1. The molecule has 0 spiro atoms. The van der Waals surface area contributed by atoms with Gasteiger partial charge in [0.15, 0.2) is 0 Å². The maximum Gasteiger partial charge on any atom is 0.0456 e. The summed E-state index contributed by atoms with van der Waals surface area (Å²) in [6.07, 6.45) is 11.8. The highest BCUT2D eigenvalue weighted by Crippen LogP contribution is 2.52. The first kappa shape index (κ1) is 36.0. The number of aryl methyl sites for hydroxylation is 2. The summed E-state index contributed by atoms with van der Waals surface area (Å²) in [5.74, 6) is 0. The second-order valence-electron chi connectivity index (χ2n) is 15.1. The Morgan fingerprint density at radius 1 is 0.698 bits per heavy atom. The molecule has 0 radical (unpaired) electrons. The van der Waals surface area contributed by atoms with Gasteiger partial charge in [-0.2, -0.15) is 0 Å². The van der Waals surface area contributed by atoms with Gasteiger partial charge in [0.25, 0.3) is 0 Å². The van der Waals surface area contributed by atoms with Gasteiger partial charge in [-0.1, -0.05) is 178 Å². The van der Waals surface area contributed by atoms with Crippen LogP contribution in [0.3, 0.4) is 0 Å². The smallest absolute Gasteiger partial charge is 0.0456 e. The third-order valence-electron chi connectivity index (χ3n) is 11.6. The number of anilines is 1. The summed E-state index contributed by atoms with van der Waals surface area (Å²) in [6.45, 7) is 15.0. The monoisotopic (exact) mass is 691 g/mol. The Bertz CT molecular complexity index is 2210. The number of hydrogen-bond acceptors (Lipinski definition) is 1. The Balaban J connectivity index is 1.39. The van der Waals surface area contributed by atoms with Crippen molar-refractivity contribution >= 4 is 16.5 Å². The Morgan fingerprint density at radius 3 is 2.02 bits per heavy atom. The van der Waals surface area contributed by atoms with Crippen LogP contribution in [0.1, 0.15) is 65.6 Å². The molecular weight excluding hydrogens is 639 g/mol. The molecule has 0 N–H and O–H groups in total. The minimum absolute atomic E-state index is 0.240. The van der Waals surface area contributed by atoms with Crippen molar-refractivity contribution in [3.8, 4) is 0 Å². The van der Waals surface area contributed by atoms with Gasteiger partial charge >= 0.3 is 0 Å². The van der Waals surface area contributed by atoms with Crippen LogP contribution in [0.2, 0.25) is 0 Å². The summed E-state index contributed by atoms with van der Waals surface area (Å²) in [5, 5.41) is 2.60. The van der Waals surface area contributed by atoms with E-state index in [1.54, 1.807) is 0 Å². The van der Waals surface area contributed by atoms with E-state index in [1.165, 1.54) is 61.1 Å². The Labute approximate surface area is 318 Å². The molecule has 1 heteroatoms. The largest absolute Gasteiger partial charge is 0.344 e. The SMILES string of the molecule is C=C(/C=C/C=C1/N(CCC)c2ccccc2C1(Cc1ccccc1)Cc1ccccc1)C(CC)(Cc1cccc(C)c1)c1c(C)ccc2ccccc12. The van der Waals surface area contributed by atoms with Crippen LogP contribution in [0.25, 0.3) is 10.8 Å². The number of rotatable bonds is 13. The predicted octanol–water partition coefficient (Wildman–Crippen LogP) is 13.0. The molecular formula is C52H53N. The zero-order valence-corrected chi connectivity index (χ0v) is 32.0. The fraction of sp³-hybridized carbons (Fsp3) is 0.231. The van der Waals surface area contributed by atoms with Crippen LogP contribution in [0.4, 0.5) is 5.69 Å². The molecule has 0 aliphatic carbocycles. The first-order valence-electron chi connectivity index (χ1n) is 19.5. The second-order valence-corrected chi connectivity index (χ2v) is 15.1. The fourth-order valence-electron chi connectivity index (χ4n) is 9.17. The molecule has 1 atom stereocenters. The standard InChI is InChI=1S/C52H53N/c1-6-34-53-48-30-17-16-29-47(48)52(36-42-22-10-8-11-23-42,37-43-24-12-9-13-25-43)49(53)31-19-21-41(5)51(7-2,38-44-26-18-20-39(3)35-44)50-40(4)32-33-45-27-14-15-28-46(45)50/h8-33,35H,5-7,34,36-38H2,1-4H3/b21-19+,49-31+. The summed E-state index contributed by atoms with van der Waals surface area (Å²) in [4.78, 5) is 2.60. The minimum atomic E-state index is -0.291. The molecule has 0 fully saturated rings. The van der Waals surface area contributed by atoms with Gasteiger partial charge in [-0.25, -0.2) is 0 Å². The van der Waals surface area contributed by atoms with E-state index in [4.69, 9.17) is 6.58 Å². The molecule has 1 nitrogen and oxygen atoms in total. The zero-order valence-electron chi connectivity index (χ0n) is 32.0. The minimum Gasteiger partial charge on any atom is -0.344 e. The normalized spacial score (nSPS) is 15.5. The first-order valence-corrected chi connectivity index (χ1v) is 19.5. The van der Waals surface area contributed by atoms with Crippen molar-refractivity contribution in [2.24, 2.45) is 0 Å². The van der Waals surface area contributed by atoms with Crippen LogP contribution in [-0.2, 0) is 30.1 Å². The maximum atomic E-state index is 4.94. The van der Waals surface area contributed by atoms with Gasteiger partial charge in [0.05, 0.1) is 0 Å². The van der Waals surface area contributed by atoms with Gasteiger partial charge in [0.1, 0.15) is 0 Å². The van der Waals surface area contributed by atoms with E-state index >= 15 is 0 Å². The lowest BCUT2D eigenvalue weighted by atomic mass is 9.66. The van der Waals surface area contributed by atoms with E-state index in [0.29, 0.717) is 0 Å². The van der Waals surface area contributed by atoms with Gasteiger partial charge in [-0.15, -0.1) is 0 Å². The average Bonchev–Trinajstić information content (AvgIpc) is 3.42. The Hall–Kier alpha value is -5.40. The second kappa shape index (κ2) is 15.7. The molecule has 1 heterocycles. The van der Waals surface area contributed by atoms with Crippen molar-refractivity contribution in [1.29, 1.82) is 0 Å². The molecule has 6 aromatic carbocycles. The van der Waals surface area contributed by atoms with Gasteiger partial charge in [-0.3, -0.25) is 0 Å². The van der Waals surface area contributed by atoms with E-state index < -0.39 is 0 Å². The summed E-state index contributed by atoms with van der Waals surface area (Å²) < 4.78 is 0. The Kier molecular flexibility index (Phi) is 10.6. The lowest BCUT2D eigenvalue weighted by molar-refractivity contribution is 0.493. The number of benzene rings is 6. The topological polar surface area (TPSA) is 3.24 Å². The lowest BCUT2D eigenvalue weighted by Gasteiger charge is -2.37. The lowest BCUT2D eigenvalue weighted by Crippen LogP contribution is -2.36. The number of allylic oxidation sites excluding steroid dienone is 5. The third kappa shape index (κ3) is 7.06. The molecule has 0 bridgehead atoms. The number of hydrogen-bond donors (Lipinski definition) is 0. The highest BCUT2D eigenvalue weighted by atomic mass is 15.2. The van der Waals surface area contributed by atoms with Crippen molar-refractivity contribution in [3.05, 3.63) is 221 Å². The first-order chi connectivity index (χ1) is 25.9. The van der Waals surface area contributed by atoms with Gasteiger partial charge < -0.3 is 4.90 Å². The number of para-hydroxylation sites is 1. The molecule has 7 rings (SSSR count). The number of fused-ring (bicyclic) bond motifs is 2. The van der Waals surface area contributed by atoms with Crippen LogP contribution < -0.4 is 4.90 Å². The van der Waals surface area contributed by atoms with Crippen molar-refractivity contribution in [2.45, 2.75) is 70.6 Å². The molecule has 0 saturated heterocycles. The molecule has 0 aromatic heterocycles. The van der Waals surface area contributed by atoms with Crippen LogP contribution in [0.15, 0.2) is 182 Å². The van der Waals surface area contributed by atoms with Crippen LogP contribution in [-0.4, -0.2) is 6.54 Å². The third-order valence-corrected chi connectivity index (χ3v) is 11.6. The highest BCUT2D eigenvalue weighted by molar-refractivity contribution is 5.88. The Morgan fingerprint density at radius 2 is 1.34 bits per heavy atom. The van der Waals surface area contributed by atoms with Gasteiger partial charge in [0, 0.05) is 28.8 Å². The quantitative estimate of drug-likeness (QED) is 0.109. The molecule has 266 valence electrons. The van der Waals surface area contributed by atoms with Gasteiger partial charge in [-0.05, 0) is 108 Å². The molecule has 1 unspecified atom stereocenters. The molecule has 0 amide bonds. The molecule has 1 aliphatic rings. The van der Waals surface area contributed by atoms with Crippen molar-refractivity contribution in [3.63, 3.8) is 0 Å². The molecule has 1 aliphatic heterocycles.